The van der Waals surface area contributed by atoms with Gasteiger partial charge in [-0.25, -0.2) is 9.97 Å². The molecule has 0 saturated heterocycles. The van der Waals surface area contributed by atoms with Gasteiger partial charge in [0.1, 0.15) is 0 Å². The number of benzene rings is 4. The molecular weight excluding hydrogens is 1190 g/mol. The quantitative estimate of drug-likeness (QED) is 0.1000. The summed E-state index contributed by atoms with van der Waals surface area (Å²) < 4.78 is 7.50. The molecule has 91 heavy (non-hydrogen) atoms. The maximum atomic E-state index is 7.50. The smallest absolute Gasteiger partial charge is 2.00 e. The van der Waals surface area contributed by atoms with E-state index in [1.807, 2.05) is 0 Å². The first kappa shape index (κ1) is 52.2. The van der Waals surface area contributed by atoms with Gasteiger partial charge in [0.25, 0.3) is 0 Å². The Labute approximate surface area is 547 Å². The Kier molecular flexibility index (Phi) is 10.4. The summed E-state index contributed by atoms with van der Waals surface area (Å²) in [5, 5.41) is 0. The molecule has 3 aromatic heterocycles. The Balaban J connectivity index is 0.00000176. The third kappa shape index (κ3) is 6.50. The van der Waals surface area contributed by atoms with Crippen LogP contribution in [0.1, 0.15) is 361 Å². The van der Waals surface area contributed by atoms with Gasteiger partial charge in [0, 0.05) is 0 Å². The summed E-state index contributed by atoms with van der Waals surface area (Å²) in [4.78, 5) is 25.4. The van der Waals surface area contributed by atoms with Crippen LogP contribution in [-0.4, -0.2) is 9.97 Å². The predicted octanol–water partition coefficient (Wildman–Crippen LogP) is 21.5. The molecule has 24 bridgehead atoms. The van der Waals surface area contributed by atoms with Crippen LogP contribution in [-0.2, 0) is 24.1 Å². The van der Waals surface area contributed by atoms with E-state index < -0.39 is 0 Å². The van der Waals surface area contributed by atoms with Crippen molar-refractivity contribution in [1.82, 2.24) is 19.9 Å². The summed E-state index contributed by atoms with van der Waals surface area (Å²) in [6.07, 6.45) is 41.8. The molecule has 18 aliphatic rings. The summed E-state index contributed by atoms with van der Waals surface area (Å²) >= 11 is 0. The van der Waals surface area contributed by atoms with Crippen molar-refractivity contribution in [3.05, 3.63) is 167 Å². The third-order valence-electron chi connectivity index (χ3n) is 29.7. The third-order valence-corrected chi connectivity index (χ3v) is 29.7. The summed E-state index contributed by atoms with van der Waals surface area (Å²) in [5.41, 5.74) is 47.9. The molecule has 16 atom stereocenters. The van der Waals surface area contributed by atoms with Gasteiger partial charge in [-0.3, -0.25) is 0 Å². The number of hydrogen-bond donors (Lipinski definition) is 0. The van der Waals surface area contributed by atoms with Crippen LogP contribution in [0, 0.1) is 6.65 Å². The topological polar surface area (TPSA) is 73.9 Å². The van der Waals surface area contributed by atoms with Crippen LogP contribution in [0.25, 0.3) is 90.9 Å². The van der Waals surface area contributed by atoms with Crippen LogP contribution >= 0.6 is 0 Å². The second-order valence-corrected chi connectivity index (χ2v) is 33.0. The fraction of sp³-hybridized carbons (Fsp3) is 0.471. The molecule has 5 nitrogen and oxygen atoms in total. The van der Waals surface area contributed by atoms with Gasteiger partial charge in [-0.15, -0.1) is 22.1 Å². The molecule has 25 rings (SSSR count). The average Bonchev–Trinajstić information content (AvgIpc) is 1.59. The first-order valence-corrected chi connectivity index (χ1v) is 36.6. The van der Waals surface area contributed by atoms with Crippen molar-refractivity contribution >= 4 is 46.4 Å². The van der Waals surface area contributed by atoms with Gasteiger partial charge in [-0.2, -0.15) is 0 Å². The Morgan fingerprint density at radius 3 is 0.593 bits per heavy atom. The second-order valence-electron chi connectivity index (χ2n) is 33.0. The van der Waals surface area contributed by atoms with E-state index in [2.05, 4.69) is 79.5 Å². The predicted molar refractivity (Wildman–Crippen MR) is 357 cm³/mol. The molecule has 5 heterocycles. The van der Waals surface area contributed by atoms with Gasteiger partial charge in [-0.05, 0) is 407 Å². The zero-order valence-electron chi connectivity index (χ0n) is 52.2. The number of hydrogen-bond acceptors (Lipinski definition) is 2. The van der Waals surface area contributed by atoms with Crippen LogP contribution in [0.4, 0.5) is 0 Å². The minimum absolute atomic E-state index is 0. The first-order valence-electron chi connectivity index (χ1n) is 36.6. The molecule has 7 aromatic rings. The molecule has 0 N–H and O–H groups in total. The Morgan fingerprint density at radius 1 is 0.253 bits per heavy atom. The van der Waals surface area contributed by atoms with Crippen LogP contribution < -0.4 is 9.97 Å². The normalized spacial score (nSPS) is 33.4. The van der Waals surface area contributed by atoms with Gasteiger partial charge >= 0.3 is 30.8 Å². The van der Waals surface area contributed by atoms with Gasteiger partial charge in [-0.1, -0.05) is 48.5 Å². The molecule has 8 fully saturated rings. The summed E-state index contributed by atoms with van der Waals surface area (Å²) in [6, 6.07) is 21.2. The average molecular weight is 1270 g/mol. The van der Waals surface area contributed by atoms with Crippen LogP contribution in [0.2, 0.25) is 0 Å². The van der Waals surface area contributed by atoms with Crippen molar-refractivity contribution < 1.29 is 24.1 Å². The number of nitrogens with zero attached hydrogens (tertiary/aromatic N) is 4. The minimum Gasteiger partial charge on any atom is 2.00 e. The fourth-order valence-electron chi connectivity index (χ4n) is 26.6. The maximum absolute atomic E-state index is 7.50. The molecule has 450 valence electrons. The zero-order valence-corrected chi connectivity index (χ0v) is 53.9. The van der Waals surface area contributed by atoms with Gasteiger partial charge in [0.05, 0.1) is 22.8 Å². The number of fused-ring (bicyclic) bond motifs is 48. The Morgan fingerprint density at radius 2 is 0.418 bits per heavy atom. The number of rotatable bonds is 4. The largest absolute Gasteiger partial charge is 2.00 e. The van der Waals surface area contributed by atoms with E-state index >= 15 is 0 Å². The van der Waals surface area contributed by atoms with Gasteiger partial charge in [0.15, 0.2) is 0 Å². The van der Waals surface area contributed by atoms with E-state index in [0.29, 0.717) is 94.7 Å². The van der Waals surface area contributed by atoms with Crippen LogP contribution in [0.15, 0.2) is 48.5 Å². The molecular formula is C85H76N4ORu. The SMILES string of the molecule is C1=Cc2nc1c(-c1c3c(cc4c1[C@H]1CC[C@@H]4C1)[C@@H]1CC[C@H]3C1)c1ccc([n-]1)c(-c1c3c(cc4c1[C@H]1CC[C@@H]4C1)[C@@H]1CC[C@H]3C1)c1nc(c(-c3c4c(cc5c3[C@H]3CC[C@@H]5C3)[C@@H]3CC[C@H]4C3)c3ccc([n-]3)c2-c2c3c(cc4c2[C@H]2CC[C@@H]4C2)[C@@H]2CC[C@H]3C2)C=C1.[C-]#[O+].[Ru+2]. The van der Waals surface area contributed by atoms with Crippen molar-refractivity contribution in [2.24, 2.45) is 0 Å². The molecule has 0 spiro atoms. The standard InChI is InChI=1S/C84H76N4.CO.Ru/c1-9-45-25-37(1)53-33-54-38-2-10-46(26-38)70(54)81(69(45)53)77-61-17-19-63(85-61)78(82-71-47-11-3-39(27-47)55(71)34-56-40-4-12-48(28-40)72(56)82)65-21-23-67(87-65)80(84-75-51-15-7-43(31-51)59(75)36-60-44-8-16-52(32-44)76(60)84)68-24-22-66(88-68)79(64-20-18-62(77)86-64)83-73-49-13-5-41(29-49)57(73)35-58-42-6-14-50(30-42)74(58)83;1-2;/h17-24,33-52H,1-16,25-32H2;;/q-2;;+2/t37-,38-,39-,40-,41-,42-,43-,44-,45+,46+,47+,48+,49+,50+,51+,52+;;/m1../s1. The molecule has 0 amide bonds. The molecule has 16 aliphatic carbocycles. The summed E-state index contributed by atoms with van der Waals surface area (Å²) in [6.45, 7) is 4.50. The van der Waals surface area contributed by atoms with E-state index in [9.17, 15) is 0 Å². The Bertz CT molecular complexity index is 4100. The van der Waals surface area contributed by atoms with Crippen molar-refractivity contribution in [1.29, 1.82) is 0 Å². The minimum atomic E-state index is 0. The molecule has 8 saturated carbocycles. The van der Waals surface area contributed by atoms with E-state index in [1.165, 1.54) is 176 Å². The second kappa shape index (κ2) is 18.2. The molecule has 4 aromatic carbocycles. The Hall–Kier alpha value is -6.16. The first-order chi connectivity index (χ1) is 44.5. The van der Waals surface area contributed by atoms with Gasteiger partial charge in [0.2, 0.25) is 0 Å². The van der Waals surface area contributed by atoms with E-state index in [1.54, 1.807) is 111 Å². The van der Waals surface area contributed by atoms with E-state index in [4.69, 9.17) is 24.6 Å². The van der Waals surface area contributed by atoms with E-state index in [0.717, 1.165) is 44.8 Å². The zero-order chi connectivity index (χ0) is 58.0. The van der Waals surface area contributed by atoms with Crippen molar-refractivity contribution in [3.8, 4) is 44.5 Å². The van der Waals surface area contributed by atoms with E-state index in [-0.39, 0.29) is 19.5 Å². The maximum Gasteiger partial charge on any atom is 2.00 e. The molecule has 2 aliphatic heterocycles. The summed E-state index contributed by atoms with van der Waals surface area (Å²) in [5.74, 6) is 10.4. The van der Waals surface area contributed by atoms with Crippen molar-refractivity contribution in [2.45, 2.75) is 249 Å². The number of aromatic nitrogens is 4. The van der Waals surface area contributed by atoms with Crippen molar-refractivity contribution in [2.75, 3.05) is 0 Å². The van der Waals surface area contributed by atoms with Gasteiger partial charge < -0.3 is 9.97 Å². The van der Waals surface area contributed by atoms with Crippen molar-refractivity contribution in [3.63, 3.8) is 0 Å². The molecule has 0 unspecified atom stereocenters. The molecule has 0 radical (unpaired) electrons. The summed E-state index contributed by atoms with van der Waals surface area (Å²) in [7, 11) is 0. The van der Waals surface area contributed by atoms with Crippen LogP contribution in [0.5, 0.6) is 0 Å². The monoisotopic (exact) mass is 1270 g/mol. The molecule has 6 heteroatoms. The fourth-order valence-corrected chi connectivity index (χ4v) is 26.6. The van der Waals surface area contributed by atoms with Crippen LogP contribution in [0.3, 0.4) is 0 Å².